The highest BCUT2D eigenvalue weighted by molar-refractivity contribution is 7.22. The van der Waals surface area contributed by atoms with E-state index >= 15 is 0 Å². The van der Waals surface area contributed by atoms with Crippen LogP contribution in [-0.4, -0.2) is 32.7 Å². The fraction of sp³-hybridized carbons (Fsp3) is 0.190. The minimum atomic E-state index is -0.462. The lowest BCUT2D eigenvalue weighted by Gasteiger charge is -2.13. The number of para-hydroxylation sites is 1. The molecule has 0 spiro atoms. The quantitative estimate of drug-likeness (QED) is 0.430. The van der Waals surface area contributed by atoms with Crippen molar-refractivity contribution >= 4 is 50.1 Å². The van der Waals surface area contributed by atoms with Crippen molar-refractivity contribution < 1.29 is 9.53 Å². The number of fused-ring (bicyclic) bond motifs is 1. The maximum absolute atomic E-state index is 11.9. The van der Waals surface area contributed by atoms with Crippen molar-refractivity contribution in [1.29, 1.82) is 0 Å². The molecule has 4 aromatic rings. The van der Waals surface area contributed by atoms with Crippen molar-refractivity contribution in [2.75, 3.05) is 17.2 Å². The Labute approximate surface area is 177 Å². The number of aromatic nitrogens is 4. The first-order valence-corrected chi connectivity index (χ1v) is 10.2. The van der Waals surface area contributed by atoms with E-state index in [4.69, 9.17) is 4.74 Å². The second-order valence-corrected chi connectivity index (χ2v) is 7.54. The number of thiazole rings is 1. The number of nitrogens with one attached hydrogen (secondary N) is 2. The van der Waals surface area contributed by atoms with Gasteiger partial charge in [0.25, 0.3) is 0 Å². The largest absolute Gasteiger partial charge is 0.461 e. The van der Waals surface area contributed by atoms with Gasteiger partial charge < -0.3 is 15.4 Å². The first kappa shape index (κ1) is 19.7. The summed E-state index contributed by atoms with van der Waals surface area (Å²) in [6.45, 7) is 5.97. The van der Waals surface area contributed by atoms with Gasteiger partial charge in [-0.2, -0.15) is 0 Å². The summed E-state index contributed by atoms with van der Waals surface area (Å²) in [6, 6.07) is 13.1. The number of benzene rings is 1. The number of ether oxygens (including phenoxy) is 1. The van der Waals surface area contributed by atoms with E-state index in [9.17, 15) is 4.79 Å². The molecule has 0 amide bonds. The van der Waals surface area contributed by atoms with Gasteiger partial charge in [0.15, 0.2) is 22.5 Å². The Kier molecular flexibility index (Phi) is 5.53. The monoisotopic (exact) mass is 420 g/mol. The predicted octanol–water partition coefficient (Wildman–Crippen LogP) is 4.76. The molecule has 0 bridgehead atoms. The average molecular weight is 420 g/mol. The molecule has 3 aromatic heterocycles. The highest BCUT2D eigenvalue weighted by atomic mass is 32.1. The van der Waals surface area contributed by atoms with Gasteiger partial charge >= 0.3 is 5.97 Å². The van der Waals surface area contributed by atoms with Crippen molar-refractivity contribution in [3.63, 3.8) is 0 Å². The fourth-order valence-electron chi connectivity index (χ4n) is 2.81. The van der Waals surface area contributed by atoms with E-state index in [-0.39, 0.29) is 5.69 Å². The minimum absolute atomic E-state index is 0.235. The number of hydrogen-bond donors (Lipinski definition) is 2. The molecule has 0 unspecified atom stereocenters. The lowest BCUT2D eigenvalue weighted by atomic mass is 10.2. The van der Waals surface area contributed by atoms with E-state index in [1.807, 2.05) is 38.1 Å². The van der Waals surface area contributed by atoms with Crippen LogP contribution in [0.2, 0.25) is 0 Å². The molecule has 0 saturated carbocycles. The van der Waals surface area contributed by atoms with Crippen LogP contribution in [0.1, 0.15) is 28.5 Å². The van der Waals surface area contributed by atoms with E-state index in [2.05, 4.69) is 30.8 Å². The van der Waals surface area contributed by atoms with Gasteiger partial charge in [0.05, 0.1) is 16.8 Å². The molecule has 152 valence electrons. The molecule has 0 saturated heterocycles. The van der Waals surface area contributed by atoms with Gasteiger partial charge in [-0.15, -0.1) is 10.2 Å². The predicted molar refractivity (Wildman–Crippen MR) is 118 cm³/mol. The summed E-state index contributed by atoms with van der Waals surface area (Å²) in [7, 11) is 0. The summed E-state index contributed by atoms with van der Waals surface area (Å²) in [4.78, 5) is 20.8. The van der Waals surface area contributed by atoms with Crippen LogP contribution in [0.5, 0.6) is 0 Å². The number of anilines is 4. The van der Waals surface area contributed by atoms with Gasteiger partial charge in [-0.3, -0.25) is 0 Å². The molecule has 0 aliphatic rings. The molecule has 0 atom stereocenters. The second-order valence-electron chi connectivity index (χ2n) is 6.51. The van der Waals surface area contributed by atoms with Crippen molar-refractivity contribution in [2.45, 2.75) is 20.8 Å². The number of carbonyl (C=O) groups excluding carboxylic acids is 1. The molecule has 30 heavy (non-hydrogen) atoms. The van der Waals surface area contributed by atoms with Crippen LogP contribution in [0.15, 0.2) is 42.5 Å². The SMILES string of the molecule is CCOC(=O)c1cccc(Nc2nnc(Nc3nc4ccccc4s3)c(C)c2C)n1. The molecule has 0 aliphatic heterocycles. The van der Waals surface area contributed by atoms with Crippen LogP contribution in [0, 0.1) is 13.8 Å². The smallest absolute Gasteiger partial charge is 0.356 e. The van der Waals surface area contributed by atoms with E-state index in [0.717, 1.165) is 26.5 Å². The van der Waals surface area contributed by atoms with Gasteiger partial charge in [-0.05, 0) is 45.0 Å². The van der Waals surface area contributed by atoms with E-state index in [1.54, 1.807) is 36.5 Å². The Morgan fingerprint density at radius 3 is 2.43 bits per heavy atom. The Balaban J connectivity index is 1.55. The molecular weight excluding hydrogens is 400 g/mol. The second kappa shape index (κ2) is 8.42. The summed E-state index contributed by atoms with van der Waals surface area (Å²) in [6.07, 6.45) is 0. The zero-order valence-electron chi connectivity index (χ0n) is 16.8. The van der Waals surface area contributed by atoms with Crippen LogP contribution in [-0.2, 0) is 4.74 Å². The summed E-state index contributed by atoms with van der Waals surface area (Å²) in [5.41, 5.74) is 3.03. The summed E-state index contributed by atoms with van der Waals surface area (Å²) >= 11 is 1.56. The number of nitrogens with zero attached hydrogens (tertiary/aromatic N) is 4. The third kappa shape index (κ3) is 4.06. The molecule has 0 aliphatic carbocycles. The van der Waals surface area contributed by atoms with Gasteiger partial charge in [-0.25, -0.2) is 14.8 Å². The number of hydrogen-bond acceptors (Lipinski definition) is 9. The zero-order chi connectivity index (χ0) is 21.1. The van der Waals surface area contributed by atoms with Crippen LogP contribution < -0.4 is 10.6 Å². The standard InChI is InChI=1S/C21H20N6O2S/c1-4-29-20(28)15-9-7-11-17(22-15)24-18-12(2)13(3)19(27-26-18)25-21-23-14-8-5-6-10-16(14)30-21/h5-11H,4H2,1-3H3,(H,22,24,26)(H,23,25,27). The Morgan fingerprint density at radius 1 is 0.967 bits per heavy atom. The fourth-order valence-corrected chi connectivity index (χ4v) is 3.68. The first-order chi connectivity index (χ1) is 14.5. The van der Waals surface area contributed by atoms with Crippen LogP contribution >= 0.6 is 11.3 Å². The highest BCUT2D eigenvalue weighted by Crippen LogP contribution is 2.30. The lowest BCUT2D eigenvalue weighted by Crippen LogP contribution is -2.09. The van der Waals surface area contributed by atoms with E-state index < -0.39 is 5.97 Å². The zero-order valence-corrected chi connectivity index (χ0v) is 17.6. The number of rotatable bonds is 6. The maximum Gasteiger partial charge on any atom is 0.356 e. The van der Waals surface area contributed by atoms with Crippen molar-refractivity contribution in [3.8, 4) is 0 Å². The van der Waals surface area contributed by atoms with Crippen LogP contribution in [0.25, 0.3) is 10.2 Å². The molecule has 2 N–H and O–H groups in total. The molecule has 8 nitrogen and oxygen atoms in total. The maximum atomic E-state index is 11.9. The summed E-state index contributed by atoms with van der Waals surface area (Å²) < 4.78 is 6.10. The van der Waals surface area contributed by atoms with E-state index in [0.29, 0.717) is 24.1 Å². The molecule has 0 fully saturated rings. The molecule has 9 heteroatoms. The third-order valence-electron chi connectivity index (χ3n) is 4.52. The van der Waals surface area contributed by atoms with Crippen molar-refractivity contribution in [2.24, 2.45) is 0 Å². The lowest BCUT2D eigenvalue weighted by molar-refractivity contribution is 0.0519. The summed E-state index contributed by atoms with van der Waals surface area (Å²) in [5.74, 6) is 1.24. The molecular formula is C21H20N6O2S. The Bertz CT molecular complexity index is 1190. The normalized spacial score (nSPS) is 10.8. The highest BCUT2D eigenvalue weighted by Gasteiger charge is 2.14. The Morgan fingerprint density at radius 2 is 1.70 bits per heavy atom. The Hall–Kier alpha value is -3.59. The summed E-state index contributed by atoms with van der Waals surface area (Å²) in [5, 5.41) is 15.8. The molecule has 3 heterocycles. The van der Waals surface area contributed by atoms with Crippen molar-refractivity contribution in [1.82, 2.24) is 20.2 Å². The molecule has 4 rings (SSSR count). The van der Waals surface area contributed by atoms with Gasteiger partial charge in [-0.1, -0.05) is 29.5 Å². The van der Waals surface area contributed by atoms with Crippen LogP contribution in [0.3, 0.4) is 0 Å². The molecule has 0 radical (unpaired) electrons. The average Bonchev–Trinajstić information content (AvgIpc) is 3.16. The van der Waals surface area contributed by atoms with E-state index in [1.165, 1.54) is 0 Å². The van der Waals surface area contributed by atoms with Crippen LogP contribution in [0.4, 0.5) is 22.6 Å². The first-order valence-electron chi connectivity index (χ1n) is 9.43. The number of esters is 1. The topological polar surface area (TPSA) is 102 Å². The third-order valence-corrected chi connectivity index (χ3v) is 5.47. The number of carbonyl (C=O) groups is 1. The van der Waals surface area contributed by atoms with Gasteiger partial charge in [0.2, 0.25) is 0 Å². The molecule has 1 aromatic carbocycles. The van der Waals surface area contributed by atoms with Crippen molar-refractivity contribution in [3.05, 3.63) is 59.3 Å². The number of pyridine rings is 1. The minimum Gasteiger partial charge on any atom is -0.461 e. The van der Waals surface area contributed by atoms with Gasteiger partial charge in [0.1, 0.15) is 5.82 Å². The van der Waals surface area contributed by atoms with Gasteiger partial charge in [0, 0.05) is 11.1 Å².